The van der Waals surface area contributed by atoms with E-state index in [9.17, 15) is 0 Å². The van der Waals surface area contributed by atoms with Crippen molar-refractivity contribution < 1.29 is 4.42 Å². The summed E-state index contributed by atoms with van der Waals surface area (Å²) in [5.41, 5.74) is 4.99. The monoisotopic (exact) mass is 278 g/mol. The molecule has 19 heavy (non-hydrogen) atoms. The van der Waals surface area contributed by atoms with Gasteiger partial charge in [0.2, 0.25) is 0 Å². The number of nitrogens with zero attached hydrogens (tertiary/aromatic N) is 1. The third kappa shape index (κ3) is 1.87. The number of halogens is 1. The molecule has 1 aromatic heterocycles. The van der Waals surface area contributed by atoms with Gasteiger partial charge in [-0.25, -0.2) is 4.98 Å². The molecule has 2 unspecified atom stereocenters. The van der Waals surface area contributed by atoms with Gasteiger partial charge in [-0.2, -0.15) is 0 Å². The van der Waals surface area contributed by atoms with Crippen molar-refractivity contribution in [3.05, 3.63) is 29.2 Å². The molecule has 2 heterocycles. The summed E-state index contributed by atoms with van der Waals surface area (Å²) in [6.07, 6.45) is 1.30. The second-order valence-corrected chi connectivity index (χ2v) is 5.94. The zero-order chi connectivity index (χ0) is 12.3. The Kier molecular flexibility index (Phi) is 3.06. The summed E-state index contributed by atoms with van der Waals surface area (Å²) in [4.78, 5) is 4.62. The number of benzene rings is 1. The molecule has 4 heteroatoms. The second kappa shape index (κ2) is 4.50. The van der Waals surface area contributed by atoms with Gasteiger partial charge >= 0.3 is 0 Å². The minimum atomic E-state index is 0. The van der Waals surface area contributed by atoms with Gasteiger partial charge in [0.15, 0.2) is 11.5 Å². The Morgan fingerprint density at radius 1 is 1.21 bits per heavy atom. The molecule has 1 aliphatic heterocycles. The molecule has 2 aromatic rings. The fraction of sp³-hybridized carbons (Fsp3) is 0.533. The third-order valence-corrected chi connectivity index (χ3v) is 4.33. The van der Waals surface area contributed by atoms with E-state index in [1.807, 2.05) is 0 Å². The number of aromatic nitrogens is 1. The molecule has 2 aliphatic rings. The fourth-order valence-corrected chi connectivity index (χ4v) is 3.39. The van der Waals surface area contributed by atoms with Crippen molar-refractivity contribution in [3.8, 4) is 0 Å². The van der Waals surface area contributed by atoms with Crippen LogP contribution in [0.25, 0.3) is 11.1 Å². The van der Waals surface area contributed by atoms with E-state index in [1.54, 1.807) is 0 Å². The van der Waals surface area contributed by atoms with E-state index in [0.29, 0.717) is 17.8 Å². The van der Waals surface area contributed by atoms with Crippen LogP contribution in [0.3, 0.4) is 0 Å². The van der Waals surface area contributed by atoms with Crippen molar-refractivity contribution in [1.29, 1.82) is 0 Å². The van der Waals surface area contributed by atoms with E-state index in [-0.39, 0.29) is 12.4 Å². The summed E-state index contributed by atoms with van der Waals surface area (Å²) in [6.45, 7) is 6.47. The maximum Gasteiger partial charge on any atom is 0.198 e. The highest BCUT2D eigenvalue weighted by molar-refractivity contribution is 5.85. The molecule has 2 bridgehead atoms. The van der Waals surface area contributed by atoms with Gasteiger partial charge in [-0.15, -0.1) is 12.4 Å². The van der Waals surface area contributed by atoms with Crippen LogP contribution in [0.15, 0.2) is 16.5 Å². The summed E-state index contributed by atoms with van der Waals surface area (Å²) in [5, 5.41) is 3.52. The third-order valence-electron chi connectivity index (χ3n) is 4.33. The van der Waals surface area contributed by atoms with Crippen molar-refractivity contribution in [2.75, 3.05) is 13.1 Å². The molecular formula is C15H19ClN2O. The van der Waals surface area contributed by atoms with E-state index >= 15 is 0 Å². The lowest BCUT2D eigenvalue weighted by atomic mass is 9.98. The first-order valence-corrected chi connectivity index (χ1v) is 6.87. The average molecular weight is 279 g/mol. The smallest absolute Gasteiger partial charge is 0.198 e. The van der Waals surface area contributed by atoms with E-state index < -0.39 is 0 Å². The van der Waals surface area contributed by atoms with Crippen LogP contribution in [0, 0.1) is 0 Å². The maximum absolute atomic E-state index is 5.87. The standard InChI is InChI=1S/C15H18N2O.ClH/c1-8(2)15-17-13-4-11-9-3-10(7-16-6-9)12(11)5-14(13)18-15;/h4-5,8-10,16H,3,6-7H2,1-2H3;1H. The van der Waals surface area contributed by atoms with Crippen LogP contribution in [0.1, 0.15) is 55.0 Å². The van der Waals surface area contributed by atoms with Crippen LogP contribution in [0.5, 0.6) is 0 Å². The summed E-state index contributed by atoms with van der Waals surface area (Å²) in [5.74, 6) is 2.57. The zero-order valence-electron chi connectivity index (χ0n) is 11.3. The van der Waals surface area contributed by atoms with Crippen LogP contribution in [-0.4, -0.2) is 18.1 Å². The second-order valence-electron chi connectivity index (χ2n) is 5.94. The Balaban J connectivity index is 0.00000110. The molecule has 1 aliphatic carbocycles. The predicted molar refractivity (Wildman–Crippen MR) is 78.3 cm³/mol. The number of nitrogens with one attached hydrogen (secondary N) is 1. The quantitative estimate of drug-likeness (QED) is 0.867. The first kappa shape index (κ1) is 12.9. The lowest BCUT2D eigenvalue weighted by molar-refractivity contribution is 0.453. The van der Waals surface area contributed by atoms with Crippen LogP contribution >= 0.6 is 12.4 Å². The molecule has 1 fully saturated rings. The number of hydrogen-bond donors (Lipinski definition) is 1. The van der Waals surface area contributed by atoms with Gasteiger partial charge in [0.1, 0.15) is 5.52 Å². The van der Waals surface area contributed by atoms with Crippen LogP contribution in [-0.2, 0) is 0 Å². The number of piperidine rings is 1. The van der Waals surface area contributed by atoms with Gasteiger partial charge < -0.3 is 9.73 Å². The molecule has 1 saturated heterocycles. The molecule has 4 rings (SSSR count). The predicted octanol–water partition coefficient (Wildman–Crippen LogP) is 3.55. The highest BCUT2D eigenvalue weighted by Gasteiger charge is 2.34. The van der Waals surface area contributed by atoms with Crippen LogP contribution in [0.2, 0.25) is 0 Å². The number of fused-ring (bicyclic) bond motifs is 6. The Labute approximate surface area is 119 Å². The first-order valence-electron chi connectivity index (χ1n) is 6.87. The first-order chi connectivity index (χ1) is 8.72. The lowest BCUT2D eigenvalue weighted by Crippen LogP contribution is -2.28. The molecule has 0 saturated carbocycles. The number of rotatable bonds is 1. The van der Waals surface area contributed by atoms with Crippen LogP contribution in [0.4, 0.5) is 0 Å². The van der Waals surface area contributed by atoms with Crippen molar-refractivity contribution in [1.82, 2.24) is 10.3 Å². The molecule has 0 amide bonds. The topological polar surface area (TPSA) is 38.1 Å². The molecule has 102 valence electrons. The van der Waals surface area contributed by atoms with Crippen LogP contribution < -0.4 is 5.32 Å². The highest BCUT2D eigenvalue weighted by Crippen LogP contribution is 2.45. The van der Waals surface area contributed by atoms with Gasteiger partial charge in [0.25, 0.3) is 0 Å². The summed E-state index contributed by atoms with van der Waals surface area (Å²) < 4.78 is 5.87. The lowest BCUT2D eigenvalue weighted by Gasteiger charge is -2.19. The van der Waals surface area contributed by atoms with E-state index in [4.69, 9.17) is 4.42 Å². The Morgan fingerprint density at radius 3 is 2.58 bits per heavy atom. The number of oxazole rings is 1. The minimum Gasteiger partial charge on any atom is -0.440 e. The molecular weight excluding hydrogens is 260 g/mol. The van der Waals surface area contributed by atoms with Gasteiger partial charge in [-0.1, -0.05) is 13.8 Å². The van der Waals surface area contributed by atoms with Gasteiger partial charge in [0.05, 0.1) is 0 Å². The molecule has 1 N–H and O–H groups in total. The van der Waals surface area contributed by atoms with Crippen molar-refractivity contribution in [2.45, 2.75) is 38.0 Å². The molecule has 1 aromatic carbocycles. The largest absolute Gasteiger partial charge is 0.440 e. The molecule has 3 nitrogen and oxygen atoms in total. The van der Waals surface area contributed by atoms with E-state index in [0.717, 1.165) is 30.1 Å². The summed E-state index contributed by atoms with van der Waals surface area (Å²) in [7, 11) is 0. The van der Waals surface area contributed by atoms with Gasteiger partial charge in [-0.3, -0.25) is 0 Å². The Hall–Kier alpha value is -1.06. The zero-order valence-corrected chi connectivity index (χ0v) is 12.1. The summed E-state index contributed by atoms with van der Waals surface area (Å²) >= 11 is 0. The van der Waals surface area contributed by atoms with E-state index in [2.05, 4.69) is 36.3 Å². The SMILES string of the molecule is CC(C)c1nc2cc3c(cc2o1)C1CNCC3C1.Cl. The molecule has 0 spiro atoms. The Morgan fingerprint density at radius 2 is 1.89 bits per heavy atom. The normalized spacial score (nSPS) is 24.6. The molecule has 0 radical (unpaired) electrons. The highest BCUT2D eigenvalue weighted by atomic mass is 35.5. The van der Waals surface area contributed by atoms with Crippen molar-refractivity contribution in [2.24, 2.45) is 0 Å². The number of hydrogen-bond acceptors (Lipinski definition) is 3. The minimum absolute atomic E-state index is 0. The Bertz CT molecular complexity index is 573. The summed E-state index contributed by atoms with van der Waals surface area (Å²) in [6, 6.07) is 4.50. The fourth-order valence-electron chi connectivity index (χ4n) is 3.39. The average Bonchev–Trinajstić information content (AvgIpc) is 2.89. The van der Waals surface area contributed by atoms with Crippen molar-refractivity contribution in [3.63, 3.8) is 0 Å². The van der Waals surface area contributed by atoms with Gasteiger partial charge in [-0.05, 0) is 41.5 Å². The van der Waals surface area contributed by atoms with E-state index in [1.165, 1.54) is 17.5 Å². The molecule has 2 atom stereocenters. The maximum atomic E-state index is 5.87. The van der Waals surface area contributed by atoms with Crippen molar-refractivity contribution >= 4 is 23.5 Å². The van der Waals surface area contributed by atoms with Gasteiger partial charge in [0, 0.05) is 19.0 Å².